The molecule has 20 heavy (non-hydrogen) atoms. The first-order valence-corrected chi connectivity index (χ1v) is 6.56. The van der Waals surface area contributed by atoms with Gasteiger partial charge in [0.25, 0.3) is 5.91 Å². The van der Waals surface area contributed by atoms with Crippen molar-refractivity contribution in [1.82, 2.24) is 0 Å². The molecule has 1 unspecified atom stereocenters. The van der Waals surface area contributed by atoms with Crippen LogP contribution in [0.25, 0.3) is 0 Å². The van der Waals surface area contributed by atoms with Crippen molar-refractivity contribution in [2.45, 2.75) is 13.0 Å². The molecule has 0 radical (unpaired) electrons. The minimum absolute atomic E-state index is 0.00725. The fraction of sp³-hybridized carbons (Fsp3) is 0.133. The number of nitrogens with one attached hydrogen (secondary N) is 1. The number of anilines is 2. The van der Waals surface area contributed by atoms with Gasteiger partial charge in [0.15, 0.2) is 0 Å². The van der Waals surface area contributed by atoms with Crippen LogP contribution in [0.15, 0.2) is 42.5 Å². The highest BCUT2D eigenvalue weighted by atomic mass is 35.5. The molecule has 0 spiro atoms. The molecule has 0 aliphatic rings. The van der Waals surface area contributed by atoms with Crippen molar-refractivity contribution in [2.75, 3.05) is 11.1 Å². The molecule has 0 fully saturated rings. The molecule has 2 aromatic rings. The van der Waals surface area contributed by atoms with Crippen LogP contribution in [-0.4, -0.2) is 5.91 Å². The van der Waals surface area contributed by atoms with Gasteiger partial charge in [-0.1, -0.05) is 23.7 Å². The van der Waals surface area contributed by atoms with Gasteiger partial charge in [0.2, 0.25) is 0 Å². The Hall–Kier alpha value is -2.20. The molecule has 0 heterocycles. The number of hydrogen-bond donors (Lipinski definition) is 3. The van der Waals surface area contributed by atoms with Crippen LogP contribution >= 0.6 is 11.6 Å². The zero-order valence-electron chi connectivity index (χ0n) is 11.1. The molecule has 2 aromatic carbocycles. The summed E-state index contributed by atoms with van der Waals surface area (Å²) in [6.07, 6.45) is 0. The normalized spacial score (nSPS) is 11.9. The van der Waals surface area contributed by atoms with Gasteiger partial charge in [-0.15, -0.1) is 0 Å². The van der Waals surface area contributed by atoms with Crippen LogP contribution in [-0.2, 0) is 0 Å². The SMILES string of the molecule is CC(Nc1cc(N)ccc1C(N)=O)c1ccc(Cl)cc1. The van der Waals surface area contributed by atoms with E-state index in [1.165, 1.54) is 0 Å². The average molecular weight is 290 g/mol. The summed E-state index contributed by atoms with van der Waals surface area (Å²) in [6, 6.07) is 12.5. The third kappa shape index (κ3) is 3.22. The van der Waals surface area contributed by atoms with Crippen molar-refractivity contribution in [1.29, 1.82) is 0 Å². The fourth-order valence-corrected chi connectivity index (χ4v) is 2.09. The van der Waals surface area contributed by atoms with Crippen LogP contribution in [0.4, 0.5) is 11.4 Å². The second-order valence-corrected chi connectivity index (χ2v) is 5.02. The van der Waals surface area contributed by atoms with E-state index in [2.05, 4.69) is 5.32 Å². The smallest absolute Gasteiger partial charge is 0.250 e. The number of primary amides is 1. The highest BCUT2D eigenvalue weighted by Gasteiger charge is 2.12. The van der Waals surface area contributed by atoms with E-state index in [0.29, 0.717) is 22.0 Å². The molecule has 0 aromatic heterocycles. The monoisotopic (exact) mass is 289 g/mol. The van der Waals surface area contributed by atoms with Crippen LogP contribution in [0.1, 0.15) is 28.9 Å². The summed E-state index contributed by atoms with van der Waals surface area (Å²) in [6.45, 7) is 1.98. The van der Waals surface area contributed by atoms with E-state index >= 15 is 0 Å². The van der Waals surface area contributed by atoms with Gasteiger partial charge in [0.05, 0.1) is 5.56 Å². The number of amides is 1. The van der Waals surface area contributed by atoms with Gasteiger partial charge >= 0.3 is 0 Å². The first kappa shape index (κ1) is 14.2. The zero-order chi connectivity index (χ0) is 14.7. The van der Waals surface area contributed by atoms with Crippen LogP contribution in [0, 0.1) is 0 Å². The van der Waals surface area contributed by atoms with Gasteiger partial charge in [0, 0.05) is 22.4 Å². The topological polar surface area (TPSA) is 81.1 Å². The summed E-state index contributed by atoms with van der Waals surface area (Å²) in [5, 5.41) is 3.93. The zero-order valence-corrected chi connectivity index (χ0v) is 11.8. The molecule has 0 saturated heterocycles. The van der Waals surface area contributed by atoms with Gasteiger partial charge < -0.3 is 16.8 Å². The molecular weight excluding hydrogens is 274 g/mol. The second-order valence-electron chi connectivity index (χ2n) is 4.59. The minimum Gasteiger partial charge on any atom is -0.399 e. The van der Waals surface area contributed by atoms with Crippen molar-refractivity contribution in [3.8, 4) is 0 Å². The molecule has 2 rings (SSSR count). The molecular formula is C15H16ClN3O. The lowest BCUT2D eigenvalue weighted by Gasteiger charge is -2.18. The third-order valence-electron chi connectivity index (χ3n) is 3.05. The minimum atomic E-state index is -0.490. The van der Waals surface area contributed by atoms with Crippen LogP contribution in [0.2, 0.25) is 5.02 Å². The Morgan fingerprint density at radius 3 is 2.45 bits per heavy atom. The number of rotatable bonds is 4. The van der Waals surface area contributed by atoms with E-state index in [9.17, 15) is 4.79 Å². The lowest BCUT2D eigenvalue weighted by atomic mass is 10.1. The van der Waals surface area contributed by atoms with Crippen LogP contribution in [0.3, 0.4) is 0 Å². The van der Waals surface area contributed by atoms with Gasteiger partial charge in [-0.2, -0.15) is 0 Å². The molecule has 0 bridgehead atoms. The van der Waals surface area contributed by atoms with Gasteiger partial charge in [-0.25, -0.2) is 0 Å². The van der Waals surface area contributed by atoms with Crippen molar-refractivity contribution >= 4 is 28.9 Å². The Morgan fingerprint density at radius 2 is 1.85 bits per heavy atom. The highest BCUT2D eigenvalue weighted by Crippen LogP contribution is 2.25. The van der Waals surface area contributed by atoms with Crippen molar-refractivity contribution in [3.63, 3.8) is 0 Å². The number of nitrogens with two attached hydrogens (primary N) is 2. The number of benzene rings is 2. The fourth-order valence-electron chi connectivity index (χ4n) is 1.96. The average Bonchev–Trinajstić information content (AvgIpc) is 2.39. The molecule has 0 aliphatic carbocycles. The Balaban J connectivity index is 2.27. The van der Waals surface area contributed by atoms with E-state index < -0.39 is 5.91 Å². The maximum atomic E-state index is 11.4. The lowest BCUT2D eigenvalue weighted by molar-refractivity contribution is 0.100. The number of nitrogen functional groups attached to an aromatic ring is 1. The lowest BCUT2D eigenvalue weighted by Crippen LogP contribution is -2.16. The van der Waals surface area contributed by atoms with E-state index in [-0.39, 0.29) is 6.04 Å². The number of carbonyl (C=O) groups is 1. The standard InChI is InChI=1S/C15H16ClN3O/c1-9(10-2-4-11(16)5-3-10)19-14-8-12(17)6-7-13(14)15(18)20/h2-9,19H,17H2,1H3,(H2,18,20). The Labute approximate surface area is 122 Å². The maximum Gasteiger partial charge on any atom is 0.250 e. The number of hydrogen-bond acceptors (Lipinski definition) is 3. The highest BCUT2D eigenvalue weighted by molar-refractivity contribution is 6.30. The molecule has 0 aliphatic heterocycles. The molecule has 1 amide bonds. The largest absolute Gasteiger partial charge is 0.399 e. The van der Waals surface area contributed by atoms with Gasteiger partial charge in [-0.3, -0.25) is 4.79 Å². The molecule has 0 saturated carbocycles. The van der Waals surface area contributed by atoms with Crippen molar-refractivity contribution < 1.29 is 4.79 Å². The summed E-state index contributed by atoms with van der Waals surface area (Å²) in [5.41, 5.74) is 13.8. The third-order valence-corrected chi connectivity index (χ3v) is 3.30. The number of halogens is 1. The Kier molecular flexibility index (Phi) is 4.15. The van der Waals surface area contributed by atoms with E-state index in [4.69, 9.17) is 23.1 Å². The molecule has 5 N–H and O–H groups in total. The molecule has 104 valence electrons. The van der Waals surface area contributed by atoms with Crippen LogP contribution in [0.5, 0.6) is 0 Å². The molecule has 5 heteroatoms. The summed E-state index contributed by atoms with van der Waals surface area (Å²) in [7, 11) is 0. The molecule has 1 atom stereocenters. The quantitative estimate of drug-likeness (QED) is 0.756. The van der Waals surface area contributed by atoms with Crippen molar-refractivity contribution in [3.05, 3.63) is 58.6 Å². The predicted molar refractivity (Wildman–Crippen MR) is 82.9 cm³/mol. The van der Waals surface area contributed by atoms with Gasteiger partial charge in [0.1, 0.15) is 0 Å². The summed E-state index contributed by atoms with van der Waals surface area (Å²) >= 11 is 5.87. The Morgan fingerprint density at radius 1 is 1.20 bits per heavy atom. The summed E-state index contributed by atoms with van der Waals surface area (Å²) in [4.78, 5) is 11.4. The Bertz CT molecular complexity index is 626. The second kappa shape index (κ2) is 5.84. The molecule has 4 nitrogen and oxygen atoms in total. The van der Waals surface area contributed by atoms with Crippen molar-refractivity contribution in [2.24, 2.45) is 5.73 Å². The van der Waals surface area contributed by atoms with Gasteiger partial charge in [-0.05, 0) is 42.8 Å². The first-order chi connectivity index (χ1) is 9.47. The summed E-state index contributed by atoms with van der Waals surface area (Å²) in [5.74, 6) is -0.490. The summed E-state index contributed by atoms with van der Waals surface area (Å²) < 4.78 is 0. The maximum absolute atomic E-state index is 11.4. The number of carbonyl (C=O) groups excluding carboxylic acids is 1. The van der Waals surface area contributed by atoms with E-state index in [1.807, 2.05) is 31.2 Å². The first-order valence-electron chi connectivity index (χ1n) is 6.18. The predicted octanol–water partition coefficient (Wildman–Crippen LogP) is 3.19. The van der Waals surface area contributed by atoms with E-state index in [0.717, 1.165) is 5.56 Å². The van der Waals surface area contributed by atoms with E-state index in [1.54, 1.807) is 18.2 Å². The van der Waals surface area contributed by atoms with Crippen LogP contribution < -0.4 is 16.8 Å².